The minimum absolute atomic E-state index is 0.588. The molecule has 9 rings (SSSR count). The number of para-hydroxylation sites is 2. The van der Waals surface area contributed by atoms with E-state index in [0.29, 0.717) is 11.1 Å². The zero-order valence-corrected chi connectivity index (χ0v) is 22.7. The Morgan fingerprint density at radius 2 is 1.05 bits per heavy atom. The SMILES string of the molecule is N#Cc1ccc2c(c1)c1cc(C#N)ccc1n2-c1cccc(-n2c3ccccc3c3c4oc5ccccc5c4ccc32)c1. The molecule has 5 heteroatoms. The quantitative estimate of drug-likeness (QED) is 0.216. The van der Waals surface area contributed by atoms with E-state index < -0.39 is 0 Å². The van der Waals surface area contributed by atoms with Crippen LogP contribution in [0.25, 0.3) is 76.9 Å². The molecule has 3 aromatic heterocycles. The van der Waals surface area contributed by atoms with Crippen LogP contribution in [0, 0.1) is 22.7 Å². The van der Waals surface area contributed by atoms with Crippen molar-refractivity contribution in [3.63, 3.8) is 0 Å². The van der Waals surface area contributed by atoms with Crippen molar-refractivity contribution in [2.45, 2.75) is 0 Å². The molecule has 43 heavy (non-hydrogen) atoms. The number of hydrogen-bond acceptors (Lipinski definition) is 3. The van der Waals surface area contributed by atoms with Gasteiger partial charge in [0.1, 0.15) is 11.2 Å². The molecule has 0 aliphatic rings. The summed E-state index contributed by atoms with van der Waals surface area (Å²) < 4.78 is 11.0. The molecule has 198 valence electrons. The maximum absolute atomic E-state index is 9.60. The summed E-state index contributed by atoms with van der Waals surface area (Å²) in [6.45, 7) is 0. The lowest BCUT2D eigenvalue weighted by Crippen LogP contribution is -1.98. The topological polar surface area (TPSA) is 70.6 Å². The fourth-order valence-corrected chi connectivity index (χ4v) is 6.72. The van der Waals surface area contributed by atoms with Crippen LogP contribution in [0.2, 0.25) is 0 Å². The maximum atomic E-state index is 9.60. The van der Waals surface area contributed by atoms with Gasteiger partial charge in [-0.15, -0.1) is 0 Å². The molecule has 5 nitrogen and oxygen atoms in total. The number of rotatable bonds is 2. The highest BCUT2D eigenvalue weighted by atomic mass is 16.3. The molecule has 0 N–H and O–H groups in total. The standard InChI is InChI=1S/C38H20N4O/c39-21-23-12-15-33-30(18-23)31-19-24(22-40)13-16-34(31)41(33)25-6-5-7-26(20-25)42-32-10-3-1-9-29(32)37-35(42)17-14-28-27-8-2-4-11-36(27)43-38(28)37/h1-20H. The molecule has 6 aromatic carbocycles. The van der Waals surface area contributed by atoms with Crippen LogP contribution in [-0.2, 0) is 0 Å². The lowest BCUT2D eigenvalue weighted by Gasteiger charge is -2.13. The highest BCUT2D eigenvalue weighted by molar-refractivity contribution is 6.23. The van der Waals surface area contributed by atoms with Crippen molar-refractivity contribution in [1.29, 1.82) is 10.5 Å². The third kappa shape index (κ3) is 3.19. The predicted molar refractivity (Wildman–Crippen MR) is 172 cm³/mol. The Bertz CT molecular complexity index is 2630. The first-order valence-electron chi connectivity index (χ1n) is 14.1. The average Bonchev–Trinajstić information content (AvgIpc) is 3.71. The molecule has 3 heterocycles. The van der Waals surface area contributed by atoms with E-state index in [-0.39, 0.29) is 0 Å². The summed E-state index contributed by atoms with van der Waals surface area (Å²) in [5.41, 5.74) is 9.10. The van der Waals surface area contributed by atoms with Crippen LogP contribution in [0.4, 0.5) is 0 Å². The van der Waals surface area contributed by atoms with Gasteiger partial charge in [0.2, 0.25) is 0 Å². The molecule has 0 atom stereocenters. The zero-order chi connectivity index (χ0) is 28.7. The second-order valence-electron chi connectivity index (χ2n) is 10.8. The molecule has 0 amide bonds. The first-order valence-corrected chi connectivity index (χ1v) is 14.1. The highest BCUT2D eigenvalue weighted by Crippen LogP contribution is 2.41. The lowest BCUT2D eigenvalue weighted by molar-refractivity contribution is 0.673. The van der Waals surface area contributed by atoms with Crippen molar-refractivity contribution in [2.75, 3.05) is 0 Å². The van der Waals surface area contributed by atoms with Crippen molar-refractivity contribution >= 4 is 65.6 Å². The normalized spacial score (nSPS) is 11.7. The molecule has 9 aromatic rings. The van der Waals surface area contributed by atoms with Gasteiger partial charge < -0.3 is 13.6 Å². The molecule has 0 saturated heterocycles. The summed E-state index contributed by atoms with van der Waals surface area (Å²) in [6, 6.07) is 45.5. The average molecular weight is 549 g/mol. The Morgan fingerprint density at radius 1 is 0.465 bits per heavy atom. The first kappa shape index (κ1) is 23.4. The molecule has 0 fully saturated rings. The van der Waals surface area contributed by atoms with Crippen LogP contribution in [0.3, 0.4) is 0 Å². The zero-order valence-electron chi connectivity index (χ0n) is 22.7. The third-order valence-corrected chi connectivity index (χ3v) is 8.55. The van der Waals surface area contributed by atoms with Crippen LogP contribution in [0.5, 0.6) is 0 Å². The monoisotopic (exact) mass is 548 g/mol. The van der Waals surface area contributed by atoms with Crippen LogP contribution in [-0.4, -0.2) is 9.13 Å². The van der Waals surface area contributed by atoms with Gasteiger partial charge in [0.25, 0.3) is 0 Å². The molecule has 0 unspecified atom stereocenters. The number of hydrogen-bond donors (Lipinski definition) is 0. The van der Waals surface area contributed by atoms with E-state index in [9.17, 15) is 10.5 Å². The molecule has 0 radical (unpaired) electrons. The molecule has 0 spiro atoms. The number of fused-ring (bicyclic) bond motifs is 10. The fraction of sp³-hybridized carbons (Fsp3) is 0. The Kier molecular flexibility index (Phi) is 4.68. The molecular weight excluding hydrogens is 528 g/mol. The van der Waals surface area contributed by atoms with E-state index in [0.717, 1.165) is 76.9 Å². The summed E-state index contributed by atoms with van der Waals surface area (Å²) in [7, 11) is 0. The number of furan rings is 1. The fourth-order valence-electron chi connectivity index (χ4n) is 6.72. The van der Waals surface area contributed by atoms with Crippen LogP contribution in [0.1, 0.15) is 11.1 Å². The van der Waals surface area contributed by atoms with Crippen LogP contribution < -0.4 is 0 Å². The number of nitriles is 2. The number of nitrogens with zero attached hydrogens (tertiary/aromatic N) is 4. The van der Waals surface area contributed by atoms with Crippen LogP contribution in [0.15, 0.2) is 126 Å². The van der Waals surface area contributed by atoms with E-state index in [1.54, 1.807) is 0 Å². The van der Waals surface area contributed by atoms with E-state index in [1.807, 2.05) is 54.6 Å². The number of aromatic nitrogens is 2. The summed E-state index contributed by atoms with van der Waals surface area (Å²) in [4.78, 5) is 0. The Morgan fingerprint density at radius 3 is 1.74 bits per heavy atom. The van der Waals surface area contributed by atoms with Gasteiger partial charge in [-0.1, -0.05) is 42.5 Å². The maximum Gasteiger partial charge on any atom is 0.145 e. The van der Waals surface area contributed by atoms with Gasteiger partial charge in [-0.25, -0.2) is 0 Å². The first-order chi connectivity index (χ1) is 21.2. The Labute approximate surface area is 245 Å². The second-order valence-corrected chi connectivity index (χ2v) is 10.8. The van der Waals surface area contributed by atoms with Crippen molar-refractivity contribution in [1.82, 2.24) is 9.13 Å². The van der Waals surface area contributed by atoms with Crippen molar-refractivity contribution in [3.8, 4) is 23.5 Å². The van der Waals surface area contributed by atoms with Crippen molar-refractivity contribution < 1.29 is 4.42 Å². The van der Waals surface area contributed by atoms with Crippen molar-refractivity contribution in [3.05, 3.63) is 132 Å². The third-order valence-electron chi connectivity index (χ3n) is 8.55. The predicted octanol–water partition coefficient (Wildman–Crippen LogP) is 9.52. The molecule has 0 saturated carbocycles. The van der Waals surface area contributed by atoms with Crippen molar-refractivity contribution in [2.24, 2.45) is 0 Å². The Balaban J connectivity index is 1.35. The van der Waals surface area contributed by atoms with E-state index in [4.69, 9.17) is 4.42 Å². The van der Waals surface area contributed by atoms with Gasteiger partial charge in [-0.05, 0) is 78.9 Å². The van der Waals surface area contributed by atoms with Gasteiger partial charge in [0.05, 0.1) is 50.7 Å². The second kappa shape index (κ2) is 8.60. The minimum Gasteiger partial charge on any atom is -0.455 e. The van der Waals surface area contributed by atoms with Gasteiger partial charge in [-0.3, -0.25) is 0 Å². The van der Waals surface area contributed by atoms with Gasteiger partial charge in [-0.2, -0.15) is 10.5 Å². The van der Waals surface area contributed by atoms with E-state index in [1.165, 1.54) is 0 Å². The molecule has 0 aliphatic heterocycles. The minimum atomic E-state index is 0.588. The highest BCUT2D eigenvalue weighted by Gasteiger charge is 2.19. The van der Waals surface area contributed by atoms with Gasteiger partial charge in [0.15, 0.2) is 0 Å². The smallest absolute Gasteiger partial charge is 0.145 e. The summed E-state index contributed by atoms with van der Waals surface area (Å²) in [5, 5.41) is 25.5. The Hall–Kier alpha value is -6.30. The van der Waals surface area contributed by atoms with Gasteiger partial charge >= 0.3 is 0 Å². The van der Waals surface area contributed by atoms with Crippen LogP contribution >= 0.6 is 0 Å². The lowest BCUT2D eigenvalue weighted by atomic mass is 10.1. The molecule has 0 aliphatic carbocycles. The summed E-state index contributed by atoms with van der Waals surface area (Å²) in [5.74, 6) is 0. The number of benzene rings is 6. The van der Waals surface area contributed by atoms with E-state index in [2.05, 4.69) is 88.0 Å². The largest absolute Gasteiger partial charge is 0.455 e. The molecular formula is C38H20N4O. The van der Waals surface area contributed by atoms with E-state index >= 15 is 0 Å². The summed E-state index contributed by atoms with van der Waals surface area (Å²) >= 11 is 0. The summed E-state index contributed by atoms with van der Waals surface area (Å²) in [6.07, 6.45) is 0. The van der Waals surface area contributed by atoms with Gasteiger partial charge in [0, 0.05) is 38.3 Å². The molecule has 0 bridgehead atoms.